The minimum Gasteiger partial charge on any atom is -0.418 e. The van der Waals surface area contributed by atoms with Crippen LogP contribution in [0.2, 0.25) is 0 Å². The van der Waals surface area contributed by atoms with E-state index in [4.69, 9.17) is 0 Å². The first-order valence-electron chi connectivity index (χ1n) is 5.29. The van der Waals surface area contributed by atoms with Crippen LogP contribution in [-0.2, 0) is 6.54 Å². The average Bonchev–Trinajstić information content (AvgIpc) is 2.12. The summed E-state index contributed by atoms with van der Waals surface area (Å²) in [6.07, 6.45) is 0. The molecule has 0 spiro atoms. The predicted molar refractivity (Wildman–Crippen MR) is 65.0 cm³/mol. The molecule has 19 heavy (non-hydrogen) atoms. The van der Waals surface area contributed by atoms with Crippen molar-refractivity contribution >= 4 is 12.9 Å². The maximum atomic E-state index is 10.4. The number of nitro benzene ring substituents is 1. The monoisotopic (exact) mass is 282 g/mol. The third-order valence-electron chi connectivity index (χ3n) is 1.80. The molecule has 0 aliphatic carbocycles. The van der Waals surface area contributed by atoms with Crippen LogP contribution in [0.5, 0.6) is 0 Å². The molecule has 1 aromatic rings. The van der Waals surface area contributed by atoms with Crippen molar-refractivity contribution in [3.05, 3.63) is 39.9 Å². The van der Waals surface area contributed by atoms with Crippen molar-refractivity contribution < 1.29 is 26.7 Å². The topological polar surface area (TPSA) is 43.1 Å². The van der Waals surface area contributed by atoms with Gasteiger partial charge in [-0.1, -0.05) is 0 Å². The fraction of sp³-hybridized carbons (Fsp3) is 0.400. The summed E-state index contributed by atoms with van der Waals surface area (Å²) in [5, 5.41) is 10.4. The van der Waals surface area contributed by atoms with E-state index in [0.29, 0.717) is 0 Å². The molecule has 0 unspecified atom stereocenters. The highest BCUT2D eigenvalue weighted by molar-refractivity contribution is 6.50. The smallest absolute Gasteiger partial charge is 0.418 e. The van der Waals surface area contributed by atoms with Gasteiger partial charge in [0.15, 0.2) is 0 Å². The minimum atomic E-state index is -6.00. The molecule has 0 atom stereocenters. The Morgan fingerprint density at radius 3 is 1.74 bits per heavy atom. The van der Waals surface area contributed by atoms with E-state index >= 15 is 0 Å². The van der Waals surface area contributed by atoms with Crippen molar-refractivity contribution in [2.45, 2.75) is 6.54 Å². The van der Waals surface area contributed by atoms with Crippen molar-refractivity contribution in [1.29, 1.82) is 0 Å². The quantitative estimate of drug-likeness (QED) is 0.281. The third kappa shape index (κ3) is 11.2. The first kappa shape index (κ1) is 17.4. The summed E-state index contributed by atoms with van der Waals surface area (Å²) in [5.74, 6) is 0. The highest BCUT2D eigenvalue weighted by Crippen LogP contribution is 2.14. The summed E-state index contributed by atoms with van der Waals surface area (Å²) in [6, 6.07) is 6.71. The number of hydrogen-bond acceptors (Lipinski definition) is 2. The highest BCUT2D eigenvalue weighted by Gasteiger charge is 2.20. The lowest BCUT2D eigenvalue weighted by molar-refractivity contribution is -0.884. The van der Waals surface area contributed by atoms with E-state index in [1.54, 1.807) is 12.1 Å². The lowest BCUT2D eigenvalue weighted by atomic mass is 10.2. The SMILES string of the molecule is C[N+](C)(C)Cc1ccc([N+](=O)[O-])cc1.F[B-](F)(F)F. The lowest BCUT2D eigenvalue weighted by Gasteiger charge is -2.23. The summed E-state index contributed by atoms with van der Waals surface area (Å²) in [4.78, 5) is 10.0. The van der Waals surface area contributed by atoms with Gasteiger partial charge in [0.25, 0.3) is 5.69 Å². The molecule has 0 radical (unpaired) electrons. The second-order valence-electron chi connectivity index (χ2n) is 4.87. The maximum absolute atomic E-state index is 10.4. The molecular weight excluding hydrogens is 267 g/mol. The molecule has 0 saturated heterocycles. The van der Waals surface area contributed by atoms with Crippen LogP contribution in [0.25, 0.3) is 0 Å². The molecule has 0 N–H and O–H groups in total. The van der Waals surface area contributed by atoms with Gasteiger partial charge in [-0.3, -0.25) is 10.1 Å². The van der Waals surface area contributed by atoms with E-state index < -0.39 is 7.25 Å². The summed E-state index contributed by atoms with van der Waals surface area (Å²) >= 11 is 0. The van der Waals surface area contributed by atoms with Gasteiger partial charge in [0.1, 0.15) is 6.54 Å². The Bertz CT molecular complexity index is 409. The molecule has 0 amide bonds. The zero-order chi connectivity index (χ0) is 15.3. The Morgan fingerprint density at radius 1 is 1.11 bits per heavy atom. The number of halogens is 4. The predicted octanol–water partition coefficient (Wildman–Crippen LogP) is 3.10. The largest absolute Gasteiger partial charge is 0.673 e. The third-order valence-corrected chi connectivity index (χ3v) is 1.80. The number of quaternary nitrogens is 1. The van der Waals surface area contributed by atoms with Crippen LogP contribution in [0.15, 0.2) is 24.3 Å². The molecule has 0 aliphatic rings. The molecule has 1 aromatic carbocycles. The fourth-order valence-corrected chi connectivity index (χ4v) is 1.27. The Kier molecular flexibility index (Phi) is 5.95. The van der Waals surface area contributed by atoms with Crippen molar-refractivity contribution in [3.63, 3.8) is 0 Å². The van der Waals surface area contributed by atoms with Gasteiger partial charge in [-0.25, -0.2) is 0 Å². The molecule has 0 heterocycles. The normalized spacial score (nSPS) is 11.5. The Balaban J connectivity index is 0.000000555. The fourth-order valence-electron chi connectivity index (χ4n) is 1.27. The number of nitrogens with zero attached hydrogens (tertiary/aromatic N) is 2. The van der Waals surface area contributed by atoms with E-state index in [9.17, 15) is 27.4 Å². The van der Waals surface area contributed by atoms with Crippen molar-refractivity contribution in [1.82, 2.24) is 0 Å². The first-order valence-corrected chi connectivity index (χ1v) is 5.29. The van der Waals surface area contributed by atoms with Gasteiger partial charge in [0.05, 0.1) is 26.1 Å². The molecule has 9 heteroatoms. The number of benzene rings is 1. The van der Waals surface area contributed by atoms with E-state index in [1.807, 2.05) is 12.1 Å². The molecule has 0 aliphatic heterocycles. The zero-order valence-electron chi connectivity index (χ0n) is 10.8. The summed E-state index contributed by atoms with van der Waals surface area (Å²) in [6.45, 7) is 0.873. The zero-order valence-corrected chi connectivity index (χ0v) is 10.8. The number of non-ortho nitro benzene ring substituents is 1. The van der Waals surface area contributed by atoms with Gasteiger partial charge < -0.3 is 21.7 Å². The van der Waals surface area contributed by atoms with Crippen LogP contribution in [0.1, 0.15) is 5.56 Å². The molecule has 4 nitrogen and oxygen atoms in total. The van der Waals surface area contributed by atoms with Crippen LogP contribution in [0, 0.1) is 10.1 Å². The molecular formula is C10H15BF4N2O2. The second kappa shape index (κ2) is 6.51. The van der Waals surface area contributed by atoms with Gasteiger partial charge in [-0.05, 0) is 12.1 Å². The molecule has 0 bridgehead atoms. The Hall–Kier alpha value is -1.64. The number of hydrogen-bond donors (Lipinski definition) is 0. The van der Waals surface area contributed by atoms with E-state index in [0.717, 1.165) is 16.6 Å². The molecule has 0 saturated carbocycles. The van der Waals surface area contributed by atoms with Gasteiger partial charge in [0.2, 0.25) is 0 Å². The second-order valence-corrected chi connectivity index (χ2v) is 4.87. The number of rotatable bonds is 3. The van der Waals surface area contributed by atoms with Crippen LogP contribution in [0.4, 0.5) is 23.0 Å². The Labute approximate surface area is 108 Å². The summed E-state index contributed by atoms with van der Waals surface area (Å²) in [5.41, 5.74) is 1.26. The standard InChI is InChI=1S/C10H15N2O2.BF4/c1-12(2,3)8-9-4-6-10(7-5-9)11(13)14;2-1(3,4)5/h4-7H,8H2,1-3H3;/q+1;-1. The number of nitro groups is 1. The van der Waals surface area contributed by atoms with Crippen LogP contribution in [0.3, 0.4) is 0 Å². The Morgan fingerprint density at radius 2 is 1.47 bits per heavy atom. The van der Waals surface area contributed by atoms with Crippen molar-refractivity contribution in [2.75, 3.05) is 21.1 Å². The van der Waals surface area contributed by atoms with Gasteiger partial charge in [0, 0.05) is 17.7 Å². The van der Waals surface area contributed by atoms with Gasteiger partial charge in [-0.15, -0.1) is 0 Å². The minimum absolute atomic E-state index is 0.148. The molecule has 0 fully saturated rings. The lowest BCUT2D eigenvalue weighted by Crippen LogP contribution is -2.33. The molecule has 0 aromatic heterocycles. The van der Waals surface area contributed by atoms with Gasteiger partial charge in [-0.2, -0.15) is 0 Å². The molecule has 1 rings (SSSR count). The van der Waals surface area contributed by atoms with Gasteiger partial charge >= 0.3 is 7.25 Å². The first-order chi connectivity index (χ1) is 8.38. The molecule has 108 valence electrons. The van der Waals surface area contributed by atoms with E-state index in [2.05, 4.69) is 21.1 Å². The average molecular weight is 282 g/mol. The van der Waals surface area contributed by atoms with Crippen LogP contribution >= 0.6 is 0 Å². The summed E-state index contributed by atoms with van der Waals surface area (Å²) < 4.78 is 39.8. The van der Waals surface area contributed by atoms with Crippen molar-refractivity contribution in [3.8, 4) is 0 Å². The van der Waals surface area contributed by atoms with E-state index in [1.165, 1.54) is 0 Å². The van der Waals surface area contributed by atoms with Crippen LogP contribution in [-0.4, -0.2) is 37.8 Å². The highest BCUT2D eigenvalue weighted by atomic mass is 19.5. The van der Waals surface area contributed by atoms with E-state index in [-0.39, 0.29) is 10.6 Å². The van der Waals surface area contributed by atoms with Crippen molar-refractivity contribution in [2.24, 2.45) is 0 Å². The maximum Gasteiger partial charge on any atom is 0.673 e. The van der Waals surface area contributed by atoms with Crippen LogP contribution < -0.4 is 0 Å². The summed E-state index contributed by atoms with van der Waals surface area (Å²) in [7, 11) is 0.254.